The van der Waals surface area contributed by atoms with Crippen LogP contribution in [0.3, 0.4) is 0 Å². The summed E-state index contributed by atoms with van der Waals surface area (Å²) in [6.45, 7) is 3.38. The summed E-state index contributed by atoms with van der Waals surface area (Å²) in [4.78, 5) is 57.3. The van der Waals surface area contributed by atoms with Gasteiger partial charge in [-0.3, -0.25) is 19.2 Å². The van der Waals surface area contributed by atoms with Crippen LogP contribution >= 0.6 is 0 Å². The fourth-order valence-electron chi connectivity index (χ4n) is 1.94. The van der Waals surface area contributed by atoms with Gasteiger partial charge in [0.25, 0.3) is 0 Å². The van der Waals surface area contributed by atoms with Gasteiger partial charge in [-0.1, -0.05) is 20.3 Å². The number of rotatable bonds is 11. The van der Waals surface area contributed by atoms with Crippen molar-refractivity contribution in [1.29, 1.82) is 0 Å². The van der Waals surface area contributed by atoms with Crippen LogP contribution < -0.4 is 27.8 Å². The Kier molecular flexibility index (Phi) is 9.13. The van der Waals surface area contributed by atoms with Gasteiger partial charge in [-0.05, 0) is 5.92 Å². The second-order valence-electron chi connectivity index (χ2n) is 5.72. The first kappa shape index (κ1) is 22.3. The first-order valence-electron chi connectivity index (χ1n) is 7.65. The third-order valence-corrected chi connectivity index (χ3v) is 3.57. The van der Waals surface area contributed by atoms with Crippen molar-refractivity contribution in [1.82, 2.24) is 10.6 Å². The number of aliphatic carboxylic acids is 1. The minimum Gasteiger partial charge on any atom is -0.480 e. The Labute approximate surface area is 144 Å². The lowest BCUT2D eigenvalue weighted by atomic mass is 9.98. The molecular weight excluding hydrogens is 334 g/mol. The molecular formula is C14H25N5O6. The maximum absolute atomic E-state index is 12.3. The number of hydrogen-bond acceptors (Lipinski definition) is 6. The van der Waals surface area contributed by atoms with Gasteiger partial charge < -0.3 is 32.9 Å². The van der Waals surface area contributed by atoms with E-state index >= 15 is 0 Å². The van der Waals surface area contributed by atoms with Gasteiger partial charge in [-0.25, -0.2) is 4.79 Å². The molecule has 0 bridgehead atoms. The Morgan fingerprint density at radius 1 is 0.960 bits per heavy atom. The summed E-state index contributed by atoms with van der Waals surface area (Å²) < 4.78 is 0. The van der Waals surface area contributed by atoms with Crippen molar-refractivity contribution in [3.63, 3.8) is 0 Å². The lowest BCUT2D eigenvalue weighted by molar-refractivity contribution is -0.144. The molecule has 0 aromatic heterocycles. The molecule has 0 aliphatic carbocycles. The Hall–Kier alpha value is -2.69. The van der Waals surface area contributed by atoms with Crippen molar-refractivity contribution >= 4 is 29.6 Å². The van der Waals surface area contributed by atoms with Crippen LogP contribution in [-0.4, -0.2) is 52.8 Å². The molecule has 0 aromatic carbocycles. The maximum Gasteiger partial charge on any atom is 0.326 e. The van der Waals surface area contributed by atoms with Crippen molar-refractivity contribution in [2.45, 2.75) is 51.2 Å². The molecule has 4 atom stereocenters. The number of hydrogen-bond donors (Lipinski definition) is 6. The Morgan fingerprint density at radius 2 is 1.48 bits per heavy atom. The SMILES string of the molecule is CC[C@H](C)[C@H](NC(=O)[C@H](CC(N)=O)NC(=O)[C@@H](N)CC(N)=O)C(=O)O. The molecule has 9 N–H and O–H groups in total. The van der Waals surface area contributed by atoms with E-state index in [2.05, 4.69) is 10.6 Å². The zero-order valence-corrected chi connectivity index (χ0v) is 14.2. The predicted molar refractivity (Wildman–Crippen MR) is 86.6 cm³/mol. The van der Waals surface area contributed by atoms with Crippen LogP contribution in [0.2, 0.25) is 0 Å². The summed E-state index contributed by atoms with van der Waals surface area (Å²) in [6.07, 6.45) is -0.539. The minimum atomic E-state index is -1.42. The molecule has 0 aliphatic rings. The van der Waals surface area contributed by atoms with Gasteiger partial charge in [0, 0.05) is 0 Å². The van der Waals surface area contributed by atoms with E-state index in [4.69, 9.17) is 17.2 Å². The Balaban J connectivity index is 5.14. The number of carbonyl (C=O) groups excluding carboxylic acids is 4. The standard InChI is InChI=1S/C14H25N5O6/c1-3-6(2)11(14(24)25)19-13(23)8(5-10(17)21)18-12(22)7(15)4-9(16)20/h6-8,11H,3-5,15H2,1-2H3,(H2,16,20)(H2,17,21)(H,18,22)(H,19,23)(H,24,25)/t6-,7-,8-,11-/m0/s1. The number of amides is 4. The summed E-state index contributed by atoms with van der Waals surface area (Å²) in [6, 6.07) is -3.94. The highest BCUT2D eigenvalue weighted by Gasteiger charge is 2.31. The molecule has 0 heterocycles. The lowest BCUT2D eigenvalue weighted by Crippen LogP contribution is -2.56. The zero-order chi connectivity index (χ0) is 19.7. The van der Waals surface area contributed by atoms with Gasteiger partial charge in [-0.15, -0.1) is 0 Å². The molecule has 0 rings (SSSR count). The molecule has 25 heavy (non-hydrogen) atoms. The van der Waals surface area contributed by atoms with Crippen LogP contribution in [0.25, 0.3) is 0 Å². The van der Waals surface area contributed by atoms with Crippen LogP contribution in [0, 0.1) is 5.92 Å². The molecule has 0 spiro atoms. The summed E-state index contributed by atoms with van der Waals surface area (Å²) in [5.74, 6) is -5.14. The summed E-state index contributed by atoms with van der Waals surface area (Å²) in [5.41, 5.74) is 15.4. The number of nitrogens with two attached hydrogens (primary N) is 3. The van der Waals surface area contributed by atoms with E-state index in [1.165, 1.54) is 0 Å². The second kappa shape index (κ2) is 10.2. The molecule has 4 amide bonds. The van der Waals surface area contributed by atoms with Gasteiger partial charge in [0.1, 0.15) is 12.1 Å². The van der Waals surface area contributed by atoms with Gasteiger partial charge in [0.2, 0.25) is 23.6 Å². The van der Waals surface area contributed by atoms with Crippen molar-refractivity contribution in [3.05, 3.63) is 0 Å². The summed E-state index contributed by atoms with van der Waals surface area (Å²) in [5, 5.41) is 13.6. The van der Waals surface area contributed by atoms with E-state index in [0.29, 0.717) is 6.42 Å². The quantitative estimate of drug-likeness (QED) is 0.227. The molecule has 0 aliphatic heterocycles. The smallest absolute Gasteiger partial charge is 0.326 e. The van der Waals surface area contributed by atoms with Gasteiger partial charge >= 0.3 is 5.97 Å². The first-order valence-corrected chi connectivity index (χ1v) is 7.65. The third-order valence-electron chi connectivity index (χ3n) is 3.57. The fourth-order valence-corrected chi connectivity index (χ4v) is 1.94. The average molecular weight is 359 g/mol. The van der Waals surface area contributed by atoms with Crippen molar-refractivity contribution < 1.29 is 29.1 Å². The van der Waals surface area contributed by atoms with E-state index in [0.717, 1.165) is 0 Å². The first-order chi connectivity index (χ1) is 11.5. The molecule has 0 saturated heterocycles. The normalized spacial score (nSPS) is 15.3. The van der Waals surface area contributed by atoms with Crippen molar-refractivity contribution in [2.24, 2.45) is 23.1 Å². The molecule has 0 saturated carbocycles. The number of carbonyl (C=O) groups is 5. The molecule has 11 heteroatoms. The highest BCUT2D eigenvalue weighted by molar-refractivity contribution is 5.95. The zero-order valence-electron chi connectivity index (χ0n) is 14.2. The van der Waals surface area contributed by atoms with E-state index in [1.807, 2.05) is 0 Å². The molecule has 0 radical (unpaired) electrons. The van der Waals surface area contributed by atoms with E-state index in [-0.39, 0.29) is 5.92 Å². The number of carboxylic acids is 1. The van der Waals surface area contributed by atoms with Gasteiger partial charge in [0.15, 0.2) is 0 Å². The molecule has 0 unspecified atom stereocenters. The summed E-state index contributed by atoms with van der Waals surface area (Å²) >= 11 is 0. The predicted octanol–water partition coefficient (Wildman–Crippen LogP) is -2.84. The van der Waals surface area contributed by atoms with Crippen LogP contribution in [0.15, 0.2) is 0 Å². The maximum atomic E-state index is 12.3. The van der Waals surface area contributed by atoms with E-state index in [9.17, 15) is 29.1 Å². The van der Waals surface area contributed by atoms with Crippen LogP contribution in [0.5, 0.6) is 0 Å². The largest absolute Gasteiger partial charge is 0.480 e. The molecule has 11 nitrogen and oxygen atoms in total. The minimum absolute atomic E-state index is 0.386. The van der Waals surface area contributed by atoms with Gasteiger partial charge in [0.05, 0.1) is 18.9 Å². The van der Waals surface area contributed by atoms with Crippen LogP contribution in [0.4, 0.5) is 0 Å². The van der Waals surface area contributed by atoms with Crippen LogP contribution in [0.1, 0.15) is 33.1 Å². The topological polar surface area (TPSA) is 208 Å². The molecule has 0 aromatic rings. The molecule has 0 fully saturated rings. The average Bonchev–Trinajstić information content (AvgIpc) is 2.49. The van der Waals surface area contributed by atoms with Crippen LogP contribution in [-0.2, 0) is 24.0 Å². The monoisotopic (exact) mass is 359 g/mol. The third kappa shape index (κ3) is 8.11. The lowest BCUT2D eigenvalue weighted by Gasteiger charge is -2.24. The number of carboxylic acid groups (broad SMARTS) is 1. The molecule has 142 valence electrons. The Morgan fingerprint density at radius 3 is 1.88 bits per heavy atom. The summed E-state index contributed by atoms with van der Waals surface area (Å²) in [7, 11) is 0. The number of primary amides is 2. The van der Waals surface area contributed by atoms with Gasteiger partial charge in [-0.2, -0.15) is 0 Å². The second-order valence-corrected chi connectivity index (χ2v) is 5.72. The number of nitrogens with one attached hydrogen (secondary N) is 2. The van der Waals surface area contributed by atoms with Crippen molar-refractivity contribution in [3.8, 4) is 0 Å². The Bertz CT molecular complexity index is 538. The van der Waals surface area contributed by atoms with Crippen molar-refractivity contribution in [2.75, 3.05) is 0 Å². The highest BCUT2D eigenvalue weighted by Crippen LogP contribution is 2.08. The fraction of sp³-hybridized carbons (Fsp3) is 0.643. The van der Waals surface area contributed by atoms with E-state index in [1.54, 1.807) is 13.8 Å². The van der Waals surface area contributed by atoms with E-state index < -0.39 is 60.6 Å². The highest BCUT2D eigenvalue weighted by atomic mass is 16.4.